The number of aromatic nitrogens is 4. The summed E-state index contributed by atoms with van der Waals surface area (Å²) in [4.78, 5) is 27.2. The van der Waals surface area contributed by atoms with E-state index in [1.807, 2.05) is 82.5 Å². The summed E-state index contributed by atoms with van der Waals surface area (Å²) in [7, 11) is 0. The molecule has 5 aromatic rings. The molecule has 1 amide bonds. The van der Waals surface area contributed by atoms with Gasteiger partial charge in [-0.05, 0) is 29.7 Å². The van der Waals surface area contributed by atoms with Gasteiger partial charge in [0.05, 0.1) is 17.3 Å². The predicted molar refractivity (Wildman–Crippen MR) is 149 cm³/mol. The Labute approximate surface area is 222 Å². The molecule has 1 aliphatic rings. The number of nitrogens with zero attached hydrogens (tertiary/aromatic N) is 6. The molecular formula is C31H30N6O. The summed E-state index contributed by atoms with van der Waals surface area (Å²) < 4.78 is 1.89. The van der Waals surface area contributed by atoms with Gasteiger partial charge in [-0.3, -0.25) is 4.79 Å². The molecule has 3 heterocycles. The third-order valence-electron chi connectivity index (χ3n) is 7.06. The van der Waals surface area contributed by atoms with Crippen LogP contribution in [0.5, 0.6) is 0 Å². The Morgan fingerprint density at radius 3 is 2.05 bits per heavy atom. The molecule has 0 bridgehead atoms. The number of piperazine rings is 1. The smallest absolute Gasteiger partial charge is 0.223 e. The summed E-state index contributed by atoms with van der Waals surface area (Å²) in [6.07, 6.45) is 3.81. The number of benzene rings is 3. The van der Waals surface area contributed by atoms with E-state index in [4.69, 9.17) is 9.97 Å². The molecule has 38 heavy (non-hydrogen) atoms. The first kappa shape index (κ1) is 23.9. The fourth-order valence-corrected chi connectivity index (χ4v) is 5.02. The Balaban J connectivity index is 1.24. The lowest BCUT2D eigenvalue weighted by Gasteiger charge is -2.35. The molecule has 7 nitrogen and oxygen atoms in total. The van der Waals surface area contributed by atoms with E-state index in [1.165, 1.54) is 5.56 Å². The zero-order chi connectivity index (χ0) is 25.7. The van der Waals surface area contributed by atoms with Gasteiger partial charge in [0.15, 0.2) is 5.65 Å². The van der Waals surface area contributed by atoms with E-state index in [2.05, 4.69) is 34.3 Å². The highest BCUT2D eigenvalue weighted by Gasteiger charge is 2.25. The molecule has 1 fully saturated rings. The molecule has 0 saturated carbocycles. The minimum atomic E-state index is 0.211. The highest BCUT2D eigenvalue weighted by atomic mass is 16.2. The van der Waals surface area contributed by atoms with Crippen LogP contribution in [0.15, 0.2) is 97.2 Å². The fraction of sp³-hybridized carbons (Fsp3) is 0.226. The lowest BCUT2D eigenvalue weighted by atomic mass is 10.1. The molecule has 1 aliphatic heterocycles. The first-order chi connectivity index (χ1) is 18.7. The predicted octanol–water partition coefficient (Wildman–Crippen LogP) is 4.69. The Morgan fingerprint density at radius 2 is 1.37 bits per heavy atom. The van der Waals surface area contributed by atoms with E-state index in [9.17, 15) is 4.79 Å². The van der Waals surface area contributed by atoms with Crippen molar-refractivity contribution in [1.29, 1.82) is 0 Å². The molecule has 190 valence electrons. The summed E-state index contributed by atoms with van der Waals surface area (Å²) in [6, 6.07) is 30.6. The Bertz CT molecular complexity index is 1510. The maximum Gasteiger partial charge on any atom is 0.223 e. The van der Waals surface area contributed by atoms with Gasteiger partial charge in [-0.2, -0.15) is 5.10 Å². The maximum atomic E-state index is 12.9. The van der Waals surface area contributed by atoms with Crippen molar-refractivity contribution in [1.82, 2.24) is 24.6 Å². The van der Waals surface area contributed by atoms with Crippen LogP contribution in [0.2, 0.25) is 0 Å². The Morgan fingerprint density at radius 1 is 0.737 bits per heavy atom. The van der Waals surface area contributed by atoms with Crippen molar-refractivity contribution < 1.29 is 4.79 Å². The lowest BCUT2D eigenvalue weighted by molar-refractivity contribution is -0.131. The zero-order valence-electron chi connectivity index (χ0n) is 21.3. The first-order valence-corrected chi connectivity index (χ1v) is 13.2. The van der Waals surface area contributed by atoms with E-state index < -0.39 is 0 Å². The van der Waals surface area contributed by atoms with Gasteiger partial charge in [0, 0.05) is 39.0 Å². The summed E-state index contributed by atoms with van der Waals surface area (Å²) in [6.45, 7) is 2.81. The molecule has 2 aromatic heterocycles. The standard InChI is InChI=1S/C31H30N6O/c38-29(17-16-24-10-4-1-5-11-24)35-18-20-36(21-19-35)30-27-23-32-37(26-14-8-3-9-15-26)31(27)34-28(33-30)22-25-12-6-2-7-13-25/h1-15,23H,16-22H2. The van der Waals surface area contributed by atoms with Gasteiger partial charge >= 0.3 is 0 Å². The molecular weight excluding hydrogens is 472 g/mol. The molecule has 0 spiro atoms. The normalized spacial score (nSPS) is 13.7. The van der Waals surface area contributed by atoms with E-state index in [1.54, 1.807) is 0 Å². The number of fused-ring (bicyclic) bond motifs is 1. The monoisotopic (exact) mass is 502 g/mol. The van der Waals surface area contributed by atoms with E-state index in [0.717, 1.165) is 53.4 Å². The van der Waals surface area contributed by atoms with Crippen LogP contribution < -0.4 is 4.90 Å². The number of rotatable bonds is 7. The quantitative estimate of drug-likeness (QED) is 0.323. The SMILES string of the molecule is O=C(CCc1ccccc1)N1CCN(c2nc(Cc3ccccc3)nc3c2cnn3-c2ccccc2)CC1. The number of anilines is 1. The van der Waals surface area contributed by atoms with Crippen LogP contribution in [-0.2, 0) is 17.6 Å². The number of hydrogen-bond donors (Lipinski definition) is 0. The Kier molecular flexibility index (Phi) is 6.81. The van der Waals surface area contributed by atoms with Crippen molar-refractivity contribution in [3.63, 3.8) is 0 Å². The van der Waals surface area contributed by atoms with Crippen molar-refractivity contribution in [2.45, 2.75) is 19.3 Å². The van der Waals surface area contributed by atoms with Crippen LogP contribution in [0.4, 0.5) is 5.82 Å². The third-order valence-corrected chi connectivity index (χ3v) is 7.06. The first-order valence-electron chi connectivity index (χ1n) is 13.2. The van der Waals surface area contributed by atoms with Crippen molar-refractivity contribution in [3.8, 4) is 5.69 Å². The number of aryl methyl sites for hydroxylation is 1. The number of carbonyl (C=O) groups excluding carboxylic acids is 1. The van der Waals surface area contributed by atoms with E-state index >= 15 is 0 Å². The molecule has 0 unspecified atom stereocenters. The maximum absolute atomic E-state index is 12.9. The van der Waals surface area contributed by atoms with Crippen LogP contribution >= 0.6 is 0 Å². The minimum absolute atomic E-state index is 0.211. The summed E-state index contributed by atoms with van der Waals surface area (Å²) in [5.41, 5.74) is 4.13. The summed E-state index contributed by atoms with van der Waals surface area (Å²) >= 11 is 0. The van der Waals surface area contributed by atoms with Crippen LogP contribution in [-0.4, -0.2) is 56.7 Å². The third kappa shape index (κ3) is 5.13. The average molecular weight is 503 g/mol. The van der Waals surface area contributed by atoms with Crippen molar-refractivity contribution in [3.05, 3.63) is 114 Å². The summed E-state index contributed by atoms with van der Waals surface area (Å²) in [5.74, 6) is 1.86. The van der Waals surface area contributed by atoms with Crippen LogP contribution in [0.3, 0.4) is 0 Å². The van der Waals surface area contributed by atoms with Gasteiger partial charge in [-0.15, -0.1) is 0 Å². The highest BCUT2D eigenvalue weighted by Crippen LogP contribution is 2.27. The van der Waals surface area contributed by atoms with Crippen molar-refractivity contribution >= 4 is 22.8 Å². The minimum Gasteiger partial charge on any atom is -0.352 e. The number of hydrogen-bond acceptors (Lipinski definition) is 5. The second-order valence-electron chi connectivity index (χ2n) is 9.61. The van der Waals surface area contributed by atoms with Crippen LogP contribution in [0.1, 0.15) is 23.4 Å². The summed E-state index contributed by atoms with van der Waals surface area (Å²) in [5, 5.41) is 5.61. The van der Waals surface area contributed by atoms with Crippen LogP contribution in [0, 0.1) is 0 Å². The van der Waals surface area contributed by atoms with Crippen molar-refractivity contribution in [2.75, 3.05) is 31.1 Å². The van der Waals surface area contributed by atoms with Gasteiger partial charge in [0.25, 0.3) is 0 Å². The largest absolute Gasteiger partial charge is 0.352 e. The fourth-order valence-electron chi connectivity index (χ4n) is 5.02. The second-order valence-corrected chi connectivity index (χ2v) is 9.61. The average Bonchev–Trinajstić information content (AvgIpc) is 3.41. The second kappa shape index (κ2) is 10.8. The van der Waals surface area contributed by atoms with E-state index in [-0.39, 0.29) is 5.91 Å². The van der Waals surface area contributed by atoms with Crippen LogP contribution in [0.25, 0.3) is 16.7 Å². The number of amides is 1. The number of para-hydroxylation sites is 1. The molecule has 0 radical (unpaired) electrons. The van der Waals surface area contributed by atoms with Gasteiger partial charge in [0.2, 0.25) is 5.91 Å². The lowest BCUT2D eigenvalue weighted by Crippen LogP contribution is -2.49. The van der Waals surface area contributed by atoms with Gasteiger partial charge < -0.3 is 9.80 Å². The molecule has 1 saturated heterocycles. The molecule has 0 N–H and O–H groups in total. The molecule has 6 rings (SSSR count). The van der Waals surface area contributed by atoms with Gasteiger partial charge in [-0.25, -0.2) is 14.6 Å². The molecule has 7 heteroatoms. The zero-order valence-corrected chi connectivity index (χ0v) is 21.3. The Hall–Kier alpha value is -4.52. The highest BCUT2D eigenvalue weighted by molar-refractivity contribution is 5.88. The molecule has 0 aliphatic carbocycles. The number of carbonyl (C=O) groups is 1. The topological polar surface area (TPSA) is 67.2 Å². The van der Waals surface area contributed by atoms with Crippen molar-refractivity contribution in [2.24, 2.45) is 0 Å². The molecule has 0 atom stereocenters. The van der Waals surface area contributed by atoms with Gasteiger partial charge in [0.1, 0.15) is 11.6 Å². The molecule has 3 aromatic carbocycles. The van der Waals surface area contributed by atoms with E-state index in [0.29, 0.717) is 25.9 Å². The van der Waals surface area contributed by atoms with Gasteiger partial charge in [-0.1, -0.05) is 78.9 Å².